The minimum absolute atomic E-state index is 0.0591. The van der Waals surface area contributed by atoms with Crippen molar-refractivity contribution >= 4 is 33.5 Å². The number of anilines is 1. The summed E-state index contributed by atoms with van der Waals surface area (Å²) in [6.45, 7) is 0. The number of benzene rings is 2. The Hall–Kier alpha value is -2.34. The molecule has 0 radical (unpaired) electrons. The molecular formula is C15H12BrNO4. The summed E-state index contributed by atoms with van der Waals surface area (Å²) < 4.78 is 5.96. The van der Waals surface area contributed by atoms with Gasteiger partial charge < -0.3 is 15.2 Å². The van der Waals surface area contributed by atoms with Crippen molar-refractivity contribution < 1.29 is 19.4 Å². The number of hydrogen-bond donors (Lipinski definition) is 2. The number of hydrogen-bond acceptors (Lipinski definition) is 3. The van der Waals surface area contributed by atoms with Crippen LogP contribution in [0.4, 0.5) is 5.69 Å². The van der Waals surface area contributed by atoms with Crippen LogP contribution in [0.15, 0.2) is 46.9 Å². The summed E-state index contributed by atoms with van der Waals surface area (Å²) in [7, 11) is 1.50. The second kappa shape index (κ2) is 6.41. The Morgan fingerprint density at radius 3 is 2.52 bits per heavy atom. The standard InChI is InChI=1S/C15H12BrNO4/c1-21-13-6-5-11(16)8-12(13)17-14(18)9-3-2-4-10(7-9)15(19)20/h2-8H,1H3,(H,17,18)(H,19,20). The van der Waals surface area contributed by atoms with Crippen LogP contribution in [0.5, 0.6) is 5.75 Å². The van der Waals surface area contributed by atoms with Crippen LogP contribution >= 0.6 is 15.9 Å². The SMILES string of the molecule is COc1ccc(Br)cc1NC(=O)c1cccc(C(=O)O)c1. The van der Waals surface area contributed by atoms with Gasteiger partial charge in [-0.15, -0.1) is 0 Å². The van der Waals surface area contributed by atoms with E-state index in [2.05, 4.69) is 21.2 Å². The van der Waals surface area contributed by atoms with Gasteiger partial charge in [-0.3, -0.25) is 4.79 Å². The fourth-order valence-corrected chi connectivity index (χ4v) is 2.13. The highest BCUT2D eigenvalue weighted by molar-refractivity contribution is 9.10. The number of nitrogens with one attached hydrogen (secondary N) is 1. The first-order chi connectivity index (χ1) is 10.0. The Labute approximate surface area is 129 Å². The molecular weight excluding hydrogens is 338 g/mol. The van der Waals surface area contributed by atoms with E-state index in [1.165, 1.54) is 25.3 Å². The number of halogens is 1. The summed E-state index contributed by atoms with van der Waals surface area (Å²) >= 11 is 3.32. The van der Waals surface area contributed by atoms with Crippen LogP contribution in [0.25, 0.3) is 0 Å². The maximum atomic E-state index is 12.2. The summed E-state index contributed by atoms with van der Waals surface area (Å²) in [5, 5.41) is 11.6. The molecule has 21 heavy (non-hydrogen) atoms. The molecule has 108 valence electrons. The maximum Gasteiger partial charge on any atom is 0.335 e. The molecule has 0 unspecified atom stereocenters. The summed E-state index contributed by atoms with van der Waals surface area (Å²) in [4.78, 5) is 23.1. The molecule has 5 nitrogen and oxygen atoms in total. The van der Waals surface area contributed by atoms with Crippen molar-refractivity contribution in [1.29, 1.82) is 0 Å². The Bertz CT molecular complexity index is 700. The smallest absolute Gasteiger partial charge is 0.335 e. The number of methoxy groups -OCH3 is 1. The lowest BCUT2D eigenvalue weighted by molar-refractivity contribution is 0.0697. The molecule has 6 heteroatoms. The van der Waals surface area contributed by atoms with Crippen molar-refractivity contribution in [2.24, 2.45) is 0 Å². The molecule has 0 fully saturated rings. The number of amides is 1. The van der Waals surface area contributed by atoms with Gasteiger partial charge in [-0.05, 0) is 36.4 Å². The second-order valence-corrected chi connectivity index (χ2v) is 5.10. The molecule has 0 saturated heterocycles. The topological polar surface area (TPSA) is 75.6 Å². The van der Waals surface area contributed by atoms with Crippen molar-refractivity contribution in [3.8, 4) is 5.75 Å². The maximum absolute atomic E-state index is 12.2. The minimum Gasteiger partial charge on any atom is -0.495 e. The zero-order valence-corrected chi connectivity index (χ0v) is 12.7. The zero-order chi connectivity index (χ0) is 15.4. The molecule has 2 aromatic rings. The highest BCUT2D eigenvalue weighted by Gasteiger charge is 2.12. The molecule has 0 atom stereocenters. The first kappa shape index (κ1) is 15.1. The molecule has 0 aliphatic rings. The quantitative estimate of drug-likeness (QED) is 0.886. The average molecular weight is 350 g/mol. The molecule has 2 aromatic carbocycles. The van der Waals surface area contributed by atoms with E-state index in [0.717, 1.165) is 4.47 Å². The van der Waals surface area contributed by atoms with Crippen LogP contribution < -0.4 is 10.1 Å². The van der Waals surface area contributed by atoms with E-state index < -0.39 is 11.9 Å². The molecule has 2 rings (SSSR count). The van der Waals surface area contributed by atoms with Crippen molar-refractivity contribution in [2.75, 3.05) is 12.4 Å². The van der Waals surface area contributed by atoms with E-state index in [-0.39, 0.29) is 11.1 Å². The largest absolute Gasteiger partial charge is 0.495 e. The monoisotopic (exact) mass is 349 g/mol. The van der Waals surface area contributed by atoms with E-state index in [1.54, 1.807) is 24.3 Å². The molecule has 1 amide bonds. The van der Waals surface area contributed by atoms with E-state index in [4.69, 9.17) is 9.84 Å². The third-order valence-corrected chi connectivity index (χ3v) is 3.27. The Kier molecular flexibility index (Phi) is 4.59. The van der Waals surface area contributed by atoms with Gasteiger partial charge in [0, 0.05) is 10.0 Å². The fraction of sp³-hybridized carbons (Fsp3) is 0.0667. The van der Waals surface area contributed by atoms with Crippen LogP contribution in [0, 0.1) is 0 Å². The van der Waals surface area contributed by atoms with Crippen LogP contribution in [-0.4, -0.2) is 24.1 Å². The van der Waals surface area contributed by atoms with E-state index >= 15 is 0 Å². The van der Waals surface area contributed by atoms with Gasteiger partial charge in [-0.2, -0.15) is 0 Å². The third-order valence-electron chi connectivity index (χ3n) is 2.78. The van der Waals surface area contributed by atoms with Crippen molar-refractivity contribution in [1.82, 2.24) is 0 Å². The summed E-state index contributed by atoms with van der Waals surface area (Å²) in [6, 6.07) is 11.0. The molecule has 0 aromatic heterocycles. The number of carbonyl (C=O) groups excluding carboxylic acids is 1. The van der Waals surface area contributed by atoms with Crippen LogP contribution in [0.2, 0.25) is 0 Å². The lowest BCUT2D eigenvalue weighted by Crippen LogP contribution is -2.13. The lowest BCUT2D eigenvalue weighted by atomic mass is 10.1. The molecule has 0 bridgehead atoms. The Balaban J connectivity index is 2.28. The molecule has 0 spiro atoms. The van der Waals surface area contributed by atoms with Crippen LogP contribution in [-0.2, 0) is 0 Å². The van der Waals surface area contributed by atoms with Crippen LogP contribution in [0.1, 0.15) is 20.7 Å². The Morgan fingerprint density at radius 2 is 1.86 bits per heavy atom. The van der Waals surface area contributed by atoms with E-state index in [0.29, 0.717) is 11.4 Å². The number of carboxylic acid groups (broad SMARTS) is 1. The van der Waals surface area contributed by atoms with Crippen LogP contribution in [0.3, 0.4) is 0 Å². The van der Waals surface area contributed by atoms with E-state index in [1.807, 2.05) is 0 Å². The third kappa shape index (κ3) is 3.61. The Morgan fingerprint density at radius 1 is 1.14 bits per heavy atom. The lowest BCUT2D eigenvalue weighted by Gasteiger charge is -2.11. The van der Waals surface area contributed by atoms with Crippen molar-refractivity contribution in [3.05, 3.63) is 58.1 Å². The van der Waals surface area contributed by atoms with Crippen molar-refractivity contribution in [2.45, 2.75) is 0 Å². The minimum atomic E-state index is -1.08. The fourth-order valence-electron chi connectivity index (χ4n) is 1.77. The molecule has 0 aliphatic carbocycles. The molecule has 0 saturated carbocycles. The van der Waals surface area contributed by atoms with Gasteiger partial charge in [0.15, 0.2) is 0 Å². The zero-order valence-electron chi connectivity index (χ0n) is 11.1. The van der Waals surface area contributed by atoms with Gasteiger partial charge in [0.05, 0.1) is 18.4 Å². The highest BCUT2D eigenvalue weighted by Crippen LogP contribution is 2.28. The van der Waals surface area contributed by atoms with Crippen molar-refractivity contribution in [3.63, 3.8) is 0 Å². The number of rotatable bonds is 4. The summed E-state index contributed by atoms with van der Waals surface area (Å²) in [6.07, 6.45) is 0. The van der Waals surface area contributed by atoms with Gasteiger partial charge in [-0.25, -0.2) is 4.79 Å². The normalized spacial score (nSPS) is 10.0. The van der Waals surface area contributed by atoms with Gasteiger partial charge in [0.25, 0.3) is 5.91 Å². The van der Waals surface area contributed by atoms with Gasteiger partial charge in [0.2, 0.25) is 0 Å². The van der Waals surface area contributed by atoms with Gasteiger partial charge in [0.1, 0.15) is 5.75 Å². The number of aromatic carboxylic acids is 1. The number of carbonyl (C=O) groups is 2. The van der Waals surface area contributed by atoms with Gasteiger partial charge >= 0.3 is 5.97 Å². The average Bonchev–Trinajstić information content (AvgIpc) is 2.47. The molecule has 0 heterocycles. The number of ether oxygens (including phenoxy) is 1. The highest BCUT2D eigenvalue weighted by atomic mass is 79.9. The first-order valence-corrected chi connectivity index (χ1v) is 6.79. The predicted molar refractivity (Wildman–Crippen MR) is 82.0 cm³/mol. The molecule has 2 N–H and O–H groups in total. The van der Waals surface area contributed by atoms with E-state index in [9.17, 15) is 9.59 Å². The predicted octanol–water partition coefficient (Wildman–Crippen LogP) is 3.41. The number of carboxylic acids is 1. The molecule has 0 aliphatic heterocycles. The second-order valence-electron chi connectivity index (χ2n) is 4.18. The summed E-state index contributed by atoms with van der Waals surface area (Å²) in [5.74, 6) is -0.972. The summed E-state index contributed by atoms with van der Waals surface area (Å²) in [5.41, 5.74) is 0.818. The first-order valence-electron chi connectivity index (χ1n) is 5.99. The van der Waals surface area contributed by atoms with Gasteiger partial charge in [-0.1, -0.05) is 22.0 Å².